The molecule has 0 radical (unpaired) electrons. The van der Waals surface area contributed by atoms with E-state index in [1.54, 1.807) is 18.2 Å². The summed E-state index contributed by atoms with van der Waals surface area (Å²) in [5.74, 6) is -0.0501. The maximum absolute atomic E-state index is 11.9. The van der Waals surface area contributed by atoms with Gasteiger partial charge in [-0.15, -0.1) is 0 Å². The van der Waals surface area contributed by atoms with Crippen molar-refractivity contribution in [2.45, 2.75) is 19.3 Å². The summed E-state index contributed by atoms with van der Waals surface area (Å²) in [7, 11) is 0. The second kappa shape index (κ2) is 6.55. The first-order valence-electron chi connectivity index (χ1n) is 7.76. The van der Waals surface area contributed by atoms with Crippen molar-refractivity contribution >= 4 is 23.1 Å². The third-order valence-electron chi connectivity index (χ3n) is 4.19. The molecule has 0 aliphatic carbocycles. The lowest BCUT2D eigenvalue weighted by Gasteiger charge is -2.26. The van der Waals surface area contributed by atoms with Crippen LogP contribution in [0.2, 0.25) is 0 Å². The van der Waals surface area contributed by atoms with Gasteiger partial charge in [0.25, 0.3) is 0 Å². The SMILES string of the molecule is CC(=O)c1ccc(C#N)c(NCC2CC(=O)Nc3ccccc32)c1. The summed E-state index contributed by atoms with van der Waals surface area (Å²) in [4.78, 5) is 23.4. The topological polar surface area (TPSA) is 82.0 Å². The molecule has 1 heterocycles. The predicted octanol–water partition coefficient (Wildman–Crippen LogP) is 3.30. The average Bonchev–Trinajstić information content (AvgIpc) is 2.59. The summed E-state index contributed by atoms with van der Waals surface area (Å²) in [6, 6.07) is 14.8. The van der Waals surface area contributed by atoms with Crippen molar-refractivity contribution in [3.8, 4) is 6.07 Å². The third kappa shape index (κ3) is 3.13. The molecule has 5 heteroatoms. The Morgan fingerprint density at radius 1 is 1.33 bits per heavy atom. The second-order valence-electron chi connectivity index (χ2n) is 5.85. The fraction of sp³-hybridized carbons (Fsp3) is 0.211. The Morgan fingerprint density at radius 2 is 2.12 bits per heavy atom. The zero-order valence-electron chi connectivity index (χ0n) is 13.3. The molecule has 1 aliphatic rings. The molecule has 2 aromatic carbocycles. The molecule has 1 amide bonds. The maximum Gasteiger partial charge on any atom is 0.225 e. The highest BCUT2D eigenvalue weighted by Gasteiger charge is 2.24. The summed E-state index contributed by atoms with van der Waals surface area (Å²) in [5.41, 5.74) is 3.56. The number of para-hydroxylation sites is 1. The van der Waals surface area contributed by atoms with Crippen LogP contribution in [0, 0.1) is 11.3 Å². The van der Waals surface area contributed by atoms with Crippen LogP contribution in [0.4, 0.5) is 11.4 Å². The van der Waals surface area contributed by atoms with Crippen LogP contribution >= 0.6 is 0 Å². The number of benzene rings is 2. The molecule has 24 heavy (non-hydrogen) atoms. The Balaban J connectivity index is 1.84. The summed E-state index contributed by atoms with van der Waals surface area (Å²) in [6.07, 6.45) is 0.387. The highest BCUT2D eigenvalue weighted by molar-refractivity contribution is 5.96. The van der Waals surface area contributed by atoms with Gasteiger partial charge in [-0.3, -0.25) is 9.59 Å². The van der Waals surface area contributed by atoms with E-state index in [4.69, 9.17) is 0 Å². The number of amides is 1. The number of carbonyl (C=O) groups is 2. The van der Waals surface area contributed by atoms with Gasteiger partial charge in [0.1, 0.15) is 6.07 Å². The highest BCUT2D eigenvalue weighted by atomic mass is 16.1. The van der Waals surface area contributed by atoms with Gasteiger partial charge in [-0.1, -0.05) is 18.2 Å². The van der Waals surface area contributed by atoms with E-state index >= 15 is 0 Å². The molecule has 0 saturated carbocycles. The van der Waals surface area contributed by atoms with Crippen LogP contribution in [0.1, 0.15) is 40.7 Å². The van der Waals surface area contributed by atoms with Gasteiger partial charge in [0.05, 0.1) is 11.3 Å². The summed E-state index contributed by atoms with van der Waals surface area (Å²) < 4.78 is 0. The average molecular weight is 319 g/mol. The van der Waals surface area contributed by atoms with Crippen molar-refractivity contribution in [1.82, 2.24) is 0 Å². The number of hydrogen-bond donors (Lipinski definition) is 2. The number of nitrogens with zero attached hydrogens (tertiary/aromatic N) is 1. The molecule has 5 nitrogen and oxygen atoms in total. The molecule has 2 aromatic rings. The molecule has 3 rings (SSSR count). The lowest BCUT2D eigenvalue weighted by molar-refractivity contribution is -0.116. The van der Waals surface area contributed by atoms with Crippen LogP contribution in [-0.2, 0) is 4.79 Å². The maximum atomic E-state index is 11.9. The number of ketones is 1. The van der Waals surface area contributed by atoms with Crippen LogP contribution in [0.3, 0.4) is 0 Å². The standard InChI is InChI=1S/C19H17N3O2/c1-12(23)13-6-7-14(10-20)18(8-13)21-11-15-9-19(24)22-17-5-3-2-4-16(15)17/h2-8,15,21H,9,11H2,1H3,(H,22,24). The first-order chi connectivity index (χ1) is 11.6. The molecule has 1 unspecified atom stereocenters. The van der Waals surface area contributed by atoms with E-state index in [0.29, 0.717) is 29.8 Å². The summed E-state index contributed by atoms with van der Waals surface area (Å²) in [6.45, 7) is 2.01. The smallest absolute Gasteiger partial charge is 0.225 e. The van der Waals surface area contributed by atoms with Crippen LogP contribution in [0.15, 0.2) is 42.5 Å². The van der Waals surface area contributed by atoms with Crippen molar-refractivity contribution in [2.24, 2.45) is 0 Å². The molecule has 0 bridgehead atoms. The molecule has 120 valence electrons. The van der Waals surface area contributed by atoms with Crippen LogP contribution in [0.25, 0.3) is 0 Å². The Morgan fingerprint density at radius 3 is 2.88 bits per heavy atom. The first kappa shape index (κ1) is 15.8. The molecular formula is C19H17N3O2. The van der Waals surface area contributed by atoms with Gasteiger partial charge < -0.3 is 10.6 Å². The quantitative estimate of drug-likeness (QED) is 0.847. The zero-order chi connectivity index (χ0) is 17.1. The molecule has 2 N–H and O–H groups in total. The van der Waals surface area contributed by atoms with Gasteiger partial charge in [-0.2, -0.15) is 5.26 Å². The number of carbonyl (C=O) groups excluding carboxylic acids is 2. The Labute approximate surface area is 140 Å². The van der Waals surface area contributed by atoms with Crippen LogP contribution in [-0.4, -0.2) is 18.2 Å². The summed E-state index contributed by atoms with van der Waals surface area (Å²) in [5, 5.41) is 15.4. The number of nitriles is 1. The van der Waals surface area contributed by atoms with E-state index in [0.717, 1.165) is 11.3 Å². The van der Waals surface area contributed by atoms with E-state index in [9.17, 15) is 14.9 Å². The Kier molecular flexibility index (Phi) is 4.30. The van der Waals surface area contributed by atoms with E-state index in [1.165, 1.54) is 6.92 Å². The van der Waals surface area contributed by atoms with Crippen LogP contribution < -0.4 is 10.6 Å². The second-order valence-corrected chi connectivity index (χ2v) is 5.85. The van der Waals surface area contributed by atoms with E-state index in [-0.39, 0.29) is 17.6 Å². The highest BCUT2D eigenvalue weighted by Crippen LogP contribution is 2.32. The molecule has 0 spiro atoms. The normalized spacial score (nSPS) is 15.8. The molecule has 1 aliphatic heterocycles. The van der Waals surface area contributed by atoms with Crippen molar-refractivity contribution in [1.29, 1.82) is 5.26 Å². The number of hydrogen-bond acceptors (Lipinski definition) is 4. The van der Waals surface area contributed by atoms with Crippen molar-refractivity contribution in [3.05, 3.63) is 59.2 Å². The van der Waals surface area contributed by atoms with Gasteiger partial charge in [0, 0.05) is 30.1 Å². The molecule has 1 atom stereocenters. The third-order valence-corrected chi connectivity index (χ3v) is 4.19. The number of anilines is 2. The van der Waals surface area contributed by atoms with Crippen molar-refractivity contribution in [2.75, 3.05) is 17.2 Å². The fourth-order valence-electron chi connectivity index (χ4n) is 2.92. The minimum Gasteiger partial charge on any atom is -0.383 e. The van der Waals surface area contributed by atoms with Crippen molar-refractivity contribution < 1.29 is 9.59 Å². The van der Waals surface area contributed by atoms with Gasteiger partial charge in [-0.05, 0) is 36.8 Å². The van der Waals surface area contributed by atoms with Crippen LogP contribution in [0.5, 0.6) is 0 Å². The minimum absolute atomic E-state index is 0.0153. The first-order valence-corrected chi connectivity index (χ1v) is 7.76. The predicted molar refractivity (Wildman–Crippen MR) is 92.1 cm³/mol. The molecular weight excluding hydrogens is 302 g/mol. The monoisotopic (exact) mass is 319 g/mol. The zero-order valence-corrected chi connectivity index (χ0v) is 13.3. The molecule has 0 fully saturated rings. The van der Waals surface area contributed by atoms with Crippen molar-refractivity contribution in [3.63, 3.8) is 0 Å². The Bertz CT molecular complexity index is 852. The van der Waals surface area contributed by atoms with Gasteiger partial charge in [0.2, 0.25) is 5.91 Å². The van der Waals surface area contributed by atoms with E-state index in [2.05, 4.69) is 16.7 Å². The number of rotatable bonds is 4. The number of Topliss-reactive ketones (excluding diaryl/α,β-unsaturated/α-hetero) is 1. The molecule has 0 aromatic heterocycles. The van der Waals surface area contributed by atoms with Gasteiger partial charge in [-0.25, -0.2) is 0 Å². The number of fused-ring (bicyclic) bond motifs is 1. The fourth-order valence-corrected chi connectivity index (χ4v) is 2.92. The van der Waals surface area contributed by atoms with E-state index in [1.807, 2.05) is 24.3 Å². The summed E-state index contributed by atoms with van der Waals surface area (Å²) >= 11 is 0. The largest absolute Gasteiger partial charge is 0.383 e. The van der Waals surface area contributed by atoms with Gasteiger partial charge in [0.15, 0.2) is 5.78 Å². The molecule has 0 saturated heterocycles. The Hall–Kier alpha value is -3.13. The lowest BCUT2D eigenvalue weighted by Crippen LogP contribution is -2.26. The lowest BCUT2D eigenvalue weighted by atomic mass is 9.90. The van der Waals surface area contributed by atoms with E-state index < -0.39 is 0 Å². The number of nitrogens with one attached hydrogen (secondary N) is 2. The minimum atomic E-state index is -0.0510. The van der Waals surface area contributed by atoms with Gasteiger partial charge >= 0.3 is 0 Å².